The number of aromatic amines is 1. The lowest BCUT2D eigenvalue weighted by atomic mass is 10.1. The van der Waals surface area contributed by atoms with Gasteiger partial charge in [0.2, 0.25) is 0 Å². The minimum atomic E-state index is -0.346. The van der Waals surface area contributed by atoms with Gasteiger partial charge in [0, 0.05) is 18.2 Å². The normalized spacial score (nSPS) is 11.1. The molecule has 2 N–H and O–H groups in total. The molecule has 1 aromatic carbocycles. The van der Waals surface area contributed by atoms with Gasteiger partial charge < -0.3 is 10.3 Å². The Hall–Kier alpha value is -2.01. The van der Waals surface area contributed by atoms with E-state index in [1.54, 1.807) is 6.07 Å². The lowest BCUT2D eigenvalue weighted by Crippen LogP contribution is -2.21. The summed E-state index contributed by atoms with van der Waals surface area (Å²) < 4.78 is 13.4. The first-order chi connectivity index (χ1) is 9.95. The Bertz CT molecular complexity index is 679. The van der Waals surface area contributed by atoms with Gasteiger partial charge in [-0.2, -0.15) is 0 Å². The third-order valence-electron chi connectivity index (χ3n) is 3.11. The number of nitrogens with one attached hydrogen (secondary N) is 2. The maximum absolute atomic E-state index is 13.4. The Morgan fingerprint density at radius 3 is 2.81 bits per heavy atom. The van der Waals surface area contributed by atoms with E-state index in [9.17, 15) is 9.18 Å². The van der Waals surface area contributed by atoms with E-state index in [4.69, 9.17) is 0 Å². The van der Waals surface area contributed by atoms with E-state index in [1.807, 2.05) is 6.92 Å². The zero-order valence-corrected chi connectivity index (χ0v) is 12.5. The Morgan fingerprint density at radius 2 is 2.10 bits per heavy atom. The summed E-state index contributed by atoms with van der Waals surface area (Å²) in [6.45, 7) is 7.45. The SMILES string of the molecule is Cc1ccc(F)cc1-c1nc(CNCC(C)C)cc(=O)[nH]1. The molecule has 2 rings (SSSR count). The van der Waals surface area contributed by atoms with E-state index in [1.165, 1.54) is 18.2 Å². The van der Waals surface area contributed by atoms with Gasteiger partial charge in [0.1, 0.15) is 11.6 Å². The molecule has 0 aliphatic rings. The van der Waals surface area contributed by atoms with Crippen molar-refractivity contribution in [1.29, 1.82) is 0 Å². The summed E-state index contributed by atoms with van der Waals surface area (Å²) in [4.78, 5) is 18.8. The number of nitrogens with zero attached hydrogens (tertiary/aromatic N) is 1. The van der Waals surface area contributed by atoms with Crippen LogP contribution in [0.4, 0.5) is 4.39 Å². The van der Waals surface area contributed by atoms with Crippen molar-refractivity contribution in [3.05, 3.63) is 51.7 Å². The third-order valence-corrected chi connectivity index (χ3v) is 3.11. The summed E-state index contributed by atoms with van der Waals surface area (Å²) in [5.74, 6) is 0.583. The molecule has 0 radical (unpaired) electrons. The van der Waals surface area contributed by atoms with Gasteiger partial charge in [0.15, 0.2) is 0 Å². The fourth-order valence-electron chi connectivity index (χ4n) is 2.06. The zero-order chi connectivity index (χ0) is 15.4. The monoisotopic (exact) mass is 289 g/mol. The van der Waals surface area contributed by atoms with Gasteiger partial charge in [-0.1, -0.05) is 19.9 Å². The predicted molar refractivity (Wildman–Crippen MR) is 81.5 cm³/mol. The van der Waals surface area contributed by atoms with Crippen molar-refractivity contribution < 1.29 is 4.39 Å². The maximum atomic E-state index is 13.4. The lowest BCUT2D eigenvalue weighted by molar-refractivity contribution is 0.548. The van der Waals surface area contributed by atoms with Crippen LogP contribution < -0.4 is 10.9 Å². The molecule has 4 nitrogen and oxygen atoms in total. The number of hydrogen-bond acceptors (Lipinski definition) is 3. The van der Waals surface area contributed by atoms with E-state index in [0.29, 0.717) is 29.5 Å². The second-order valence-corrected chi connectivity index (χ2v) is 5.57. The van der Waals surface area contributed by atoms with E-state index >= 15 is 0 Å². The van der Waals surface area contributed by atoms with Gasteiger partial charge in [-0.25, -0.2) is 9.37 Å². The number of hydrogen-bond donors (Lipinski definition) is 2. The molecule has 112 valence electrons. The van der Waals surface area contributed by atoms with Crippen molar-refractivity contribution in [1.82, 2.24) is 15.3 Å². The summed E-state index contributed by atoms with van der Waals surface area (Å²) >= 11 is 0. The van der Waals surface area contributed by atoms with E-state index in [2.05, 4.69) is 29.1 Å². The topological polar surface area (TPSA) is 57.8 Å². The lowest BCUT2D eigenvalue weighted by Gasteiger charge is -2.09. The van der Waals surface area contributed by atoms with Crippen molar-refractivity contribution >= 4 is 0 Å². The van der Waals surface area contributed by atoms with E-state index in [0.717, 1.165) is 12.1 Å². The average molecular weight is 289 g/mol. The van der Waals surface area contributed by atoms with Crippen molar-refractivity contribution in [3.8, 4) is 11.4 Å². The first-order valence-electron chi connectivity index (χ1n) is 7.03. The Kier molecular flexibility index (Phi) is 4.85. The summed E-state index contributed by atoms with van der Waals surface area (Å²) in [5, 5.41) is 3.24. The summed E-state index contributed by atoms with van der Waals surface area (Å²) in [6, 6.07) is 5.92. The molecule has 0 amide bonds. The first-order valence-corrected chi connectivity index (χ1v) is 7.03. The van der Waals surface area contributed by atoms with Crippen molar-refractivity contribution in [2.24, 2.45) is 5.92 Å². The molecular weight excluding hydrogens is 269 g/mol. The molecule has 0 aliphatic carbocycles. The molecule has 1 aromatic heterocycles. The van der Waals surface area contributed by atoms with Crippen molar-refractivity contribution in [2.45, 2.75) is 27.3 Å². The highest BCUT2D eigenvalue weighted by molar-refractivity contribution is 5.59. The summed E-state index contributed by atoms with van der Waals surface area (Å²) in [6.07, 6.45) is 0. The number of H-pyrrole nitrogens is 1. The van der Waals surface area contributed by atoms with Crippen LogP contribution in [-0.4, -0.2) is 16.5 Å². The fourth-order valence-corrected chi connectivity index (χ4v) is 2.06. The highest BCUT2D eigenvalue weighted by Crippen LogP contribution is 2.20. The standard InChI is InChI=1S/C16H20FN3O/c1-10(2)8-18-9-13-7-15(21)20-16(19-13)14-6-12(17)5-4-11(14)3/h4-7,10,18H,8-9H2,1-3H3,(H,19,20,21). The van der Waals surface area contributed by atoms with Crippen LogP contribution in [0.15, 0.2) is 29.1 Å². The largest absolute Gasteiger partial charge is 0.311 e. The first kappa shape index (κ1) is 15.4. The van der Waals surface area contributed by atoms with Gasteiger partial charge in [0.25, 0.3) is 5.56 Å². The molecule has 0 unspecified atom stereocenters. The fraction of sp³-hybridized carbons (Fsp3) is 0.375. The van der Waals surface area contributed by atoms with Crippen LogP contribution in [-0.2, 0) is 6.54 Å². The van der Waals surface area contributed by atoms with Crippen molar-refractivity contribution in [3.63, 3.8) is 0 Å². The minimum absolute atomic E-state index is 0.231. The van der Waals surface area contributed by atoms with Crippen molar-refractivity contribution in [2.75, 3.05) is 6.54 Å². The van der Waals surface area contributed by atoms with Gasteiger partial charge in [0.05, 0.1) is 5.69 Å². The summed E-state index contributed by atoms with van der Waals surface area (Å²) in [7, 11) is 0. The van der Waals surface area contributed by atoms with E-state index < -0.39 is 0 Å². The highest BCUT2D eigenvalue weighted by Gasteiger charge is 2.08. The molecule has 0 fully saturated rings. The van der Waals surface area contributed by atoms with Gasteiger partial charge >= 0.3 is 0 Å². The molecule has 0 saturated heterocycles. The second-order valence-electron chi connectivity index (χ2n) is 5.57. The van der Waals surface area contributed by atoms with Gasteiger partial charge in [-0.15, -0.1) is 0 Å². The molecule has 0 saturated carbocycles. The minimum Gasteiger partial charge on any atom is -0.311 e. The highest BCUT2D eigenvalue weighted by atomic mass is 19.1. The summed E-state index contributed by atoms with van der Waals surface area (Å²) in [5.41, 5.74) is 1.90. The average Bonchev–Trinajstić information content (AvgIpc) is 2.40. The molecule has 21 heavy (non-hydrogen) atoms. The quantitative estimate of drug-likeness (QED) is 0.889. The molecule has 2 aromatic rings. The molecule has 0 bridgehead atoms. The Balaban J connectivity index is 2.30. The molecule has 0 spiro atoms. The van der Waals surface area contributed by atoms with Crippen LogP contribution in [0.25, 0.3) is 11.4 Å². The number of aromatic nitrogens is 2. The second kappa shape index (κ2) is 6.63. The predicted octanol–water partition coefficient (Wildman–Crippen LogP) is 2.63. The molecule has 1 heterocycles. The molecule has 0 atom stereocenters. The Morgan fingerprint density at radius 1 is 1.33 bits per heavy atom. The molecular formula is C16H20FN3O. The number of rotatable bonds is 5. The van der Waals surface area contributed by atoms with Crippen LogP contribution in [0.2, 0.25) is 0 Å². The Labute approximate surface area is 123 Å². The van der Waals surface area contributed by atoms with Crippen LogP contribution in [0.1, 0.15) is 25.1 Å². The third kappa shape index (κ3) is 4.23. The van der Waals surface area contributed by atoms with Crippen LogP contribution in [0.3, 0.4) is 0 Å². The van der Waals surface area contributed by atoms with E-state index in [-0.39, 0.29) is 11.4 Å². The number of halogens is 1. The van der Waals surface area contributed by atoms with Crippen LogP contribution in [0.5, 0.6) is 0 Å². The number of aryl methyl sites for hydroxylation is 1. The molecule has 0 aliphatic heterocycles. The van der Waals surface area contributed by atoms with Gasteiger partial charge in [-0.3, -0.25) is 4.79 Å². The molecule has 5 heteroatoms. The zero-order valence-electron chi connectivity index (χ0n) is 12.5. The maximum Gasteiger partial charge on any atom is 0.251 e. The van der Waals surface area contributed by atoms with Gasteiger partial charge in [-0.05, 0) is 37.1 Å². The van der Waals surface area contributed by atoms with Crippen LogP contribution in [0, 0.1) is 18.7 Å². The smallest absolute Gasteiger partial charge is 0.251 e. The van der Waals surface area contributed by atoms with Crippen LogP contribution >= 0.6 is 0 Å². The number of benzene rings is 1.